The van der Waals surface area contributed by atoms with Crippen LogP contribution in [0, 0.1) is 5.92 Å². The fourth-order valence-corrected chi connectivity index (χ4v) is 5.32. The van der Waals surface area contributed by atoms with Crippen molar-refractivity contribution in [1.82, 2.24) is 8.61 Å². The molecule has 0 bridgehead atoms. The third-order valence-corrected chi connectivity index (χ3v) is 6.82. The number of hydrogen-bond donors (Lipinski definition) is 0. The molecule has 4 nitrogen and oxygen atoms in total. The molecule has 1 aliphatic carbocycles. The van der Waals surface area contributed by atoms with Crippen LogP contribution in [0.4, 0.5) is 0 Å². The van der Waals surface area contributed by atoms with Crippen LogP contribution < -0.4 is 0 Å². The van der Waals surface area contributed by atoms with E-state index in [1.807, 2.05) is 12.1 Å². The summed E-state index contributed by atoms with van der Waals surface area (Å²) in [6.45, 7) is 3.44. The molecule has 1 saturated heterocycles. The van der Waals surface area contributed by atoms with Gasteiger partial charge in [-0.05, 0) is 42.7 Å². The Labute approximate surface area is 127 Å². The Morgan fingerprint density at radius 1 is 1.24 bits per heavy atom. The molecule has 0 saturated carbocycles. The van der Waals surface area contributed by atoms with E-state index in [1.54, 1.807) is 15.7 Å². The van der Waals surface area contributed by atoms with Crippen molar-refractivity contribution in [2.45, 2.75) is 38.6 Å². The van der Waals surface area contributed by atoms with Gasteiger partial charge < -0.3 is 0 Å². The molecule has 1 aromatic carbocycles. The zero-order valence-electron chi connectivity index (χ0n) is 12.8. The van der Waals surface area contributed by atoms with Gasteiger partial charge in [0.2, 0.25) is 0 Å². The van der Waals surface area contributed by atoms with Gasteiger partial charge in [0, 0.05) is 20.1 Å². The van der Waals surface area contributed by atoms with Crippen molar-refractivity contribution in [3.8, 4) is 0 Å². The van der Waals surface area contributed by atoms with Crippen LogP contribution in [-0.4, -0.2) is 37.2 Å². The van der Waals surface area contributed by atoms with Crippen LogP contribution in [0.5, 0.6) is 0 Å². The molecular weight excluding hydrogens is 284 g/mol. The summed E-state index contributed by atoms with van der Waals surface area (Å²) in [4.78, 5) is 0. The van der Waals surface area contributed by atoms with E-state index in [9.17, 15) is 8.42 Å². The minimum Gasteiger partial charge on any atom is -0.195 e. The molecule has 5 heteroatoms. The van der Waals surface area contributed by atoms with E-state index in [0.29, 0.717) is 19.0 Å². The molecule has 2 atom stereocenters. The van der Waals surface area contributed by atoms with Gasteiger partial charge in [0.05, 0.1) is 6.04 Å². The first kappa shape index (κ1) is 15.0. The maximum Gasteiger partial charge on any atom is 0.282 e. The van der Waals surface area contributed by atoms with Gasteiger partial charge in [0.15, 0.2) is 0 Å². The highest BCUT2D eigenvalue weighted by molar-refractivity contribution is 7.86. The smallest absolute Gasteiger partial charge is 0.195 e. The number of piperidine rings is 1. The molecule has 0 aromatic heterocycles. The predicted molar refractivity (Wildman–Crippen MR) is 84.2 cm³/mol. The van der Waals surface area contributed by atoms with E-state index in [4.69, 9.17) is 0 Å². The molecule has 2 aliphatic rings. The molecule has 21 heavy (non-hydrogen) atoms. The topological polar surface area (TPSA) is 40.6 Å². The summed E-state index contributed by atoms with van der Waals surface area (Å²) in [5.41, 5.74) is 2.46. The maximum atomic E-state index is 12.9. The number of aryl methyl sites for hydroxylation is 1. The molecule has 1 aromatic rings. The first-order valence-corrected chi connectivity index (χ1v) is 9.20. The highest BCUT2D eigenvalue weighted by atomic mass is 32.2. The largest absolute Gasteiger partial charge is 0.282 e. The van der Waals surface area contributed by atoms with Gasteiger partial charge in [0.1, 0.15) is 0 Å². The van der Waals surface area contributed by atoms with E-state index in [-0.39, 0.29) is 6.04 Å². The predicted octanol–water partition coefficient (Wildman–Crippen LogP) is 2.58. The molecular formula is C16H24N2O2S. The molecule has 3 rings (SSSR count). The monoisotopic (exact) mass is 308 g/mol. The minimum atomic E-state index is -3.35. The standard InChI is InChI=1S/C16H24N2O2S/c1-13-6-5-11-18(12-13)21(19,20)17(2)16-10-9-14-7-3-4-8-15(14)16/h3-4,7-8,13,16H,5-6,9-12H2,1-2H3/t13-,16+/m0/s1. The summed E-state index contributed by atoms with van der Waals surface area (Å²) in [5, 5.41) is 0. The summed E-state index contributed by atoms with van der Waals surface area (Å²) in [5.74, 6) is 0.456. The number of hydrogen-bond acceptors (Lipinski definition) is 2. The van der Waals surface area contributed by atoms with Gasteiger partial charge in [-0.15, -0.1) is 0 Å². The lowest BCUT2D eigenvalue weighted by Gasteiger charge is -2.35. The van der Waals surface area contributed by atoms with E-state index in [1.165, 1.54) is 11.1 Å². The lowest BCUT2D eigenvalue weighted by Crippen LogP contribution is -2.47. The summed E-state index contributed by atoms with van der Waals surface area (Å²) >= 11 is 0. The van der Waals surface area contributed by atoms with Crippen molar-refractivity contribution in [3.05, 3.63) is 35.4 Å². The van der Waals surface area contributed by atoms with Crippen molar-refractivity contribution >= 4 is 10.2 Å². The second-order valence-corrected chi connectivity index (χ2v) is 8.37. The number of nitrogens with zero attached hydrogens (tertiary/aromatic N) is 2. The fourth-order valence-electron chi connectivity index (χ4n) is 3.61. The summed E-state index contributed by atoms with van der Waals surface area (Å²) in [6, 6.07) is 8.20. The van der Waals surface area contributed by atoms with Gasteiger partial charge in [-0.2, -0.15) is 17.0 Å². The van der Waals surface area contributed by atoms with Gasteiger partial charge in [-0.1, -0.05) is 31.2 Å². The van der Waals surface area contributed by atoms with Gasteiger partial charge >= 0.3 is 0 Å². The van der Waals surface area contributed by atoms with Gasteiger partial charge in [-0.25, -0.2) is 0 Å². The molecule has 1 fully saturated rings. The Morgan fingerprint density at radius 2 is 2.00 bits per heavy atom. The first-order chi connectivity index (χ1) is 10.00. The molecule has 0 unspecified atom stereocenters. The SMILES string of the molecule is C[C@H]1CCCN(S(=O)(=O)N(C)[C@@H]2CCc3ccccc32)C1. The Kier molecular flexibility index (Phi) is 4.08. The molecule has 116 valence electrons. The minimum absolute atomic E-state index is 0.0107. The Balaban J connectivity index is 1.83. The lowest BCUT2D eigenvalue weighted by atomic mass is 10.0. The maximum absolute atomic E-state index is 12.9. The zero-order chi connectivity index (χ0) is 15.0. The zero-order valence-corrected chi connectivity index (χ0v) is 13.6. The Morgan fingerprint density at radius 3 is 2.76 bits per heavy atom. The molecule has 1 aliphatic heterocycles. The average Bonchev–Trinajstić information content (AvgIpc) is 2.90. The van der Waals surface area contributed by atoms with Crippen LogP contribution in [0.3, 0.4) is 0 Å². The van der Waals surface area contributed by atoms with Crippen LogP contribution in [-0.2, 0) is 16.6 Å². The third kappa shape index (κ3) is 2.74. The van der Waals surface area contributed by atoms with Crippen molar-refractivity contribution in [2.75, 3.05) is 20.1 Å². The molecule has 1 heterocycles. The molecule has 0 amide bonds. The summed E-state index contributed by atoms with van der Waals surface area (Å²) in [7, 11) is -1.62. The number of rotatable bonds is 3. The van der Waals surface area contributed by atoms with Gasteiger partial charge in [-0.3, -0.25) is 0 Å². The van der Waals surface area contributed by atoms with Crippen molar-refractivity contribution in [2.24, 2.45) is 5.92 Å². The van der Waals surface area contributed by atoms with E-state index >= 15 is 0 Å². The fraction of sp³-hybridized carbons (Fsp3) is 0.625. The van der Waals surface area contributed by atoms with E-state index in [2.05, 4.69) is 19.1 Å². The number of fused-ring (bicyclic) bond motifs is 1. The second-order valence-electron chi connectivity index (χ2n) is 6.38. The Bertz CT molecular complexity index is 614. The van der Waals surface area contributed by atoms with Crippen LogP contribution in [0.2, 0.25) is 0 Å². The van der Waals surface area contributed by atoms with Crippen molar-refractivity contribution < 1.29 is 8.42 Å². The first-order valence-electron chi connectivity index (χ1n) is 7.81. The normalized spacial score (nSPS) is 27.0. The average molecular weight is 308 g/mol. The molecule has 0 spiro atoms. The Hall–Kier alpha value is -0.910. The van der Waals surface area contributed by atoms with E-state index in [0.717, 1.165) is 25.7 Å². The van der Waals surface area contributed by atoms with Crippen LogP contribution in [0.25, 0.3) is 0 Å². The van der Waals surface area contributed by atoms with Crippen LogP contribution in [0.15, 0.2) is 24.3 Å². The van der Waals surface area contributed by atoms with Gasteiger partial charge in [0.25, 0.3) is 10.2 Å². The van der Waals surface area contributed by atoms with Crippen LogP contribution in [0.1, 0.15) is 43.4 Å². The second kappa shape index (κ2) is 5.71. The third-order valence-electron chi connectivity index (χ3n) is 4.85. The van der Waals surface area contributed by atoms with E-state index < -0.39 is 10.2 Å². The molecule has 0 N–H and O–H groups in total. The summed E-state index contributed by atoms with van der Waals surface area (Å²) in [6.07, 6.45) is 3.95. The number of benzene rings is 1. The van der Waals surface area contributed by atoms with Crippen molar-refractivity contribution in [1.29, 1.82) is 0 Å². The lowest BCUT2D eigenvalue weighted by molar-refractivity contribution is 0.251. The summed E-state index contributed by atoms with van der Waals surface area (Å²) < 4.78 is 29.0. The quantitative estimate of drug-likeness (QED) is 0.861. The highest BCUT2D eigenvalue weighted by Crippen LogP contribution is 2.37. The highest BCUT2D eigenvalue weighted by Gasteiger charge is 2.37. The van der Waals surface area contributed by atoms with Crippen LogP contribution >= 0.6 is 0 Å². The molecule has 0 radical (unpaired) electrons. The van der Waals surface area contributed by atoms with Crippen molar-refractivity contribution in [3.63, 3.8) is 0 Å².